The molecule has 25 heavy (non-hydrogen) atoms. The monoisotopic (exact) mass is 342 g/mol. The number of hydrogen-bond donors (Lipinski definition) is 0. The highest BCUT2D eigenvalue weighted by molar-refractivity contribution is 5.77. The van der Waals surface area contributed by atoms with Gasteiger partial charge in [-0.05, 0) is 25.3 Å². The highest BCUT2D eigenvalue weighted by Crippen LogP contribution is 2.22. The Bertz CT molecular complexity index is 692. The van der Waals surface area contributed by atoms with Crippen LogP contribution in [0.15, 0.2) is 34.9 Å². The number of piperazine rings is 1. The molecule has 0 saturated carbocycles. The van der Waals surface area contributed by atoms with E-state index in [2.05, 4.69) is 41.0 Å². The molecule has 6 nitrogen and oxygen atoms in total. The van der Waals surface area contributed by atoms with Gasteiger partial charge in [-0.25, -0.2) is 0 Å². The molecule has 2 atom stereocenters. The Labute approximate surface area is 148 Å². The average Bonchev–Trinajstić information content (AvgIpc) is 3.08. The zero-order valence-electron chi connectivity index (χ0n) is 15.2. The molecule has 0 radical (unpaired) electrons. The van der Waals surface area contributed by atoms with Crippen LogP contribution in [0.2, 0.25) is 0 Å². The molecule has 1 amide bonds. The Morgan fingerprint density at radius 2 is 1.84 bits per heavy atom. The highest BCUT2D eigenvalue weighted by atomic mass is 16.5. The first-order chi connectivity index (χ1) is 12.0. The highest BCUT2D eigenvalue weighted by Gasteiger charge is 2.27. The maximum atomic E-state index is 12.6. The van der Waals surface area contributed by atoms with E-state index in [4.69, 9.17) is 4.52 Å². The topological polar surface area (TPSA) is 62.5 Å². The summed E-state index contributed by atoms with van der Waals surface area (Å²) in [6.45, 7) is 9.16. The number of carbonyl (C=O) groups is 1. The lowest BCUT2D eigenvalue weighted by Crippen LogP contribution is -2.49. The van der Waals surface area contributed by atoms with Crippen molar-refractivity contribution in [2.24, 2.45) is 0 Å². The van der Waals surface area contributed by atoms with E-state index < -0.39 is 0 Å². The van der Waals surface area contributed by atoms with Crippen LogP contribution in [-0.2, 0) is 4.79 Å². The van der Waals surface area contributed by atoms with Crippen LogP contribution in [0.5, 0.6) is 0 Å². The molecule has 134 valence electrons. The van der Waals surface area contributed by atoms with Gasteiger partial charge in [0.1, 0.15) is 0 Å². The van der Waals surface area contributed by atoms with E-state index in [9.17, 15) is 4.79 Å². The molecule has 1 aliphatic heterocycles. The molecule has 0 bridgehead atoms. The van der Waals surface area contributed by atoms with Crippen LogP contribution in [0.4, 0.5) is 0 Å². The van der Waals surface area contributed by atoms with Crippen LogP contribution in [-0.4, -0.2) is 52.0 Å². The van der Waals surface area contributed by atoms with Crippen molar-refractivity contribution in [2.45, 2.75) is 39.2 Å². The molecule has 1 fully saturated rings. The zero-order chi connectivity index (χ0) is 17.8. The summed E-state index contributed by atoms with van der Waals surface area (Å²) in [5, 5.41) is 3.86. The first-order valence-corrected chi connectivity index (χ1v) is 8.91. The van der Waals surface area contributed by atoms with Crippen LogP contribution in [0.3, 0.4) is 0 Å². The molecular weight excluding hydrogens is 316 g/mol. The normalized spacial score (nSPS) is 18.1. The third-order valence-corrected chi connectivity index (χ3v) is 4.96. The van der Waals surface area contributed by atoms with Gasteiger partial charge >= 0.3 is 0 Å². The summed E-state index contributed by atoms with van der Waals surface area (Å²) in [6.07, 6.45) is 0.558. The van der Waals surface area contributed by atoms with Gasteiger partial charge in [0.25, 0.3) is 0 Å². The van der Waals surface area contributed by atoms with Crippen molar-refractivity contribution in [1.29, 1.82) is 0 Å². The number of rotatable bonds is 5. The van der Waals surface area contributed by atoms with Crippen LogP contribution >= 0.6 is 0 Å². The third-order valence-electron chi connectivity index (χ3n) is 4.96. The minimum atomic E-state index is 0.0849. The van der Waals surface area contributed by atoms with E-state index in [0.717, 1.165) is 26.2 Å². The van der Waals surface area contributed by atoms with E-state index >= 15 is 0 Å². The summed E-state index contributed by atoms with van der Waals surface area (Å²) >= 11 is 0. The molecule has 0 unspecified atom stereocenters. The third kappa shape index (κ3) is 4.25. The van der Waals surface area contributed by atoms with E-state index in [1.807, 2.05) is 30.0 Å². The van der Waals surface area contributed by atoms with Gasteiger partial charge in [0, 0.05) is 32.6 Å². The van der Waals surface area contributed by atoms with Gasteiger partial charge in [0.05, 0.1) is 6.04 Å². The summed E-state index contributed by atoms with van der Waals surface area (Å²) < 4.78 is 5.27. The largest absolute Gasteiger partial charge is 0.340 e. The lowest BCUT2D eigenvalue weighted by Gasteiger charge is -2.37. The van der Waals surface area contributed by atoms with Gasteiger partial charge in [-0.2, -0.15) is 4.98 Å². The van der Waals surface area contributed by atoms with Crippen molar-refractivity contribution in [3.8, 4) is 0 Å². The molecule has 6 heteroatoms. The maximum Gasteiger partial charge on any atom is 0.243 e. The summed E-state index contributed by atoms with van der Waals surface area (Å²) in [5.41, 5.74) is 1.22. The van der Waals surface area contributed by atoms with E-state index in [0.29, 0.717) is 18.1 Å². The Hall–Kier alpha value is -2.21. The lowest BCUT2D eigenvalue weighted by molar-refractivity contribution is -0.133. The number of hydrogen-bond acceptors (Lipinski definition) is 5. The van der Waals surface area contributed by atoms with Crippen LogP contribution in [0.25, 0.3) is 0 Å². The number of aromatic nitrogens is 2. The lowest BCUT2D eigenvalue weighted by atomic mass is 9.97. The summed E-state index contributed by atoms with van der Waals surface area (Å²) in [4.78, 5) is 21.2. The minimum absolute atomic E-state index is 0.0849. The summed E-state index contributed by atoms with van der Waals surface area (Å²) in [7, 11) is 0. The van der Waals surface area contributed by atoms with Crippen molar-refractivity contribution in [3.05, 3.63) is 47.6 Å². The Morgan fingerprint density at radius 3 is 2.44 bits per heavy atom. The quantitative estimate of drug-likeness (QED) is 0.836. The number of nitrogens with zero attached hydrogens (tertiary/aromatic N) is 4. The van der Waals surface area contributed by atoms with Crippen molar-refractivity contribution in [2.75, 3.05) is 26.2 Å². The van der Waals surface area contributed by atoms with E-state index in [1.54, 1.807) is 0 Å². The van der Waals surface area contributed by atoms with Gasteiger partial charge in [0.15, 0.2) is 5.82 Å². The maximum absolute atomic E-state index is 12.6. The molecule has 0 spiro atoms. The minimum Gasteiger partial charge on any atom is -0.340 e. The molecule has 1 aromatic carbocycles. The van der Waals surface area contributed by atoms with Gasteiger partial charge < -0.3 is 9.42 Å². The standard InChI is InChI=1S/C19H26N4O2/c1-14(17-7-5-4-6-8-17)13-18(24)23-11-9-22(10-12-23)15(2)19-20-16(3)21-25-19/h4-8,14-15H,9-13H2,1-3H3/t14-,15+/m1/s1. The fourth-order valence-electron chi connectivity index (χ4n) is 3.29. The van der Waals surface area contributed by atoms with Crippen LogP contribution in [0, 0.1) is 6.92 Å². The Kier molecular flexibility index (Phi) is 5.48. The molecule has 2 heterocycles. The summed E-state index contributed by atoms with van der Waals surface area (Å²) in [6, 6.07) is 10.3. The number of benzene rings is 1. The SMILES string of the molecule is Cc1noc([C@H](C)N2CCN(C(=O)C[C@@H](C)c3ccccc3)CC2)n1. The van der Waals surface area contributed by atoms with Crippen molar-refractivity contribution in [3.63, 3.8) is 0 Å². The Morgan fingerprint density at radius 1 is 1.16 bits per heavy atom. The molecule has 1 saturated heterocycles. The molecule has 3 rings (SSSR count). The summed E-state index contributed by atoms with van der Waals surface area (Å²) in [5.74, 6) is 1.78. The van der Waals surface area contributed by atoms with Gasteiger partial charge in [-0.3, -0.25) is 9.69 Å². The van der Waals surface area contributed by atoms with E-state index in [1.165, 1.54) is 5.56 Å². The zero-order valence-corrected chi connectivity index (χ0v) is 15.2. The van der Waals surface area contributed by atoms with Gasteiger partial charge in [-0.1, -0.05) is 42.4 Å². The van der Waals surface area contributed by atoms with Crippen LogP contribution in [0.1, 0.15) is 49.5 Å². The number of carbonyl (C=O) groups excluding carboxylic acids is 1. The smallest absolute Gasteiger partial charge is 0.243 e. The van der Waals surface area contributed by atoms with Gasteiger partial charge in [0.2, 0.25) is 11.8 Å². The molecule has 1 aromatic heterocycles. The van der Waals surface area contributed by atoms with Crippen LogP contribution < -0.4 is 0 Å². The van der Waals surface area contributed by atoms with Crippen molar-refractivity contribution in [1.82, 2.24) is 19.9 Å². The molecule has 2 aromatic rings. The number of amides is 1. The fraction of sp³-hybridized carbons (Fsp3) is 0.526. The predicted molar refractivity (Wildman–Crippen MR) is 95.1 cm³/mol. The first kappa shape index (κ1) is 17.6. The molecule has 1 aliphatic rings. The number of aryl methyl sites for hydroxylation is 1. The van der Waals surface area contributed by atoms with Crippen molar-refractivity contribution < 1.29 is 9.32 Å². The predicted octanol–water partition coefficient (Wildman–Crippen LogP) is 2.78. The first-order valence-electron chi connectivity index (χ1n) is 8.91. The molecule has 0 N–H and O–H groups in total. The van der Waals surface area contributed by atoms with Gasteiger partial charge in [-0.15, -0.1) is 0 Å². The second kappa shape index (κ2) is 7.78. The average molecular weight is 342 g/mol. The second-order valence-electron chi connectivity index (χ2n) is 6.79. The molecule has 0 aliphatic carbocycles. The second-order valence-corrected chi connectivity index (χ2v) is 6.79. The fourth-order valence-corrected chi connectivity index (χ4v) is 3.29. The molecular formula is C19H26N4O2. The van der Waals surface area contributed by atoms with Crippen molar-refractivity contribution >= 4 is 5.91 Å². The van der Waals surface area contributed by atoms with E-state index in [-0.39, 0.29) is 17.9 Å². The Balaban J connectivity index is 1.51.